The van der Waals surface area contributed by atoms with Crippen LogP contribution < -0.4 is 10.6 Å². The number of anilines is 1. The number of rotatable bonds is 5. The molecule has 1 atom stereocenters. The molecule has 0 amide bonds. The Labute approximate surface area is 119 Å². The van der Waals surface area contributed by atoms with E-state index in [4.69, 9.17) is 5.73 Å². The molecule has 1 saturated carbocycles. The molecule has 0 spiro atoms. The van der Waals surface area contributed by atoms with Crippen LogP contribution in [0, 0.1) is 0 Å². The summed E-state index contributed by atoms with van der Waals surface area (Å²) in [6, 6.07) is 7.55. The molecule has 1 aromatic carbocycles. The molecule has 0 aromatic heterocycles. The average molecular weight is 311 g/mol. The third-order valence-corrected chi connectivity index (χ3v) is 4.55. The first-order chi connectivity index (χ1) is 8.61. The van der Waals surface area contributed by atoms with E-state index in [1.807, 2.05) is 0 Å². The van der Waals surface area contributed by atoms with Crippen molar-refractivity contribution in [2.45, 2.75) is 51.1 Å². The Morgan fingerprint density at radius 1 is 1.44 bits per heavy atom. The molecule has 2 nitrogen and oxygen atoms in total. The minimum Gasteiger partial charge on any atom is -0.371 e. The summed E-state index contributed by atoms with van der Waals surface area (Å²) in [6.45, 7) is 2.15. The van der Waals surface area contributed by atoms with Crippen molar-refractivity contribution < 1.29 is 0 Å². The van der Waals surface area contributed by atoms with E-state index in [1.54, 1.807) is 0 Å². The van der Waals surface area contributed by atoms with Crippen molar-refractivity contribution >= 4 is 21.6 Å². The fourth-order valence-electron chi connectivity index (χ4n) is 2.44. The fraction of sp³-hybridized carbons (Fsp3) is 0.600. The number of halogens is 1. The van der Waals surface area contributed by atoms with E-state index in [0.29, 0.717) is 0 Å². The smallest absolute Gasteiger partial charge is 0.0410 e. The Hall–Kier alpha value is -0.540. The molecule has 1 aromatic rings. The predicted octanol–water partition coefficient (Wildman–Crippen LogP) is 3.72. The number of hydrogen-bond donors (Lipinski definition) is 1. The maximum atomic E-state index is 6.10. The van der Waals surface area contributed by atoms with Crippen molar-refractivity contribution in [3.8, 4) is 0 Å². The quantitative estimate of drug-likeness (QED) is 0.898. The van der Waals surface area contributed by atoms with Gasteiger partial charge in [0.15, 0.2) is 0 Å². The second-order valence-corrected chi connectivity index (χ2v) is 6.26. The summed E-state index contributed by atoms with van der Waals surface area (Å²) in [6.07, 6.45) is 6.01. The monoisotopic (exact) mass is 310 g/mol. The summed E-state index contributed by atoms with van der Waals surface area (Å²) >= 11 is 3.58. The lowest BCUT2D eigenvalue weighted by atomic mass is 9.90. The highest BCUT2D eigenvalue weighted by molar-refractivity contribution is 9.10. The summed E-state index contributed by atoms with van der Waals surface area (Å²) in [5, 5.41) is 0. The summed E-state index contributed by atoms with van der Waals surface area (Å²) < 4.78 is 1.15. The van der Waals surface area contributed by atoms with Gasteiger partial charge in [-0.1, -0.05) is 28.9 Å². The molecule has 1 aliphatic carbocycles. The van der Waals surface area contributed by atoms with Crippen molar-refractivity contribution in [3.05, 3.63) is 28.2 Å². The zero-order valence-electron chi connectivity index (χ0n) is 11.3. The van der Waals surface area contributed by atoms with E-state index in [2.05, 4.69) is 53.0 Å². The van der Waals surface area contributed by atoms with Gasteiger partial charge < -0.3 is 10.6 Å². The lowest BCUT2D eigenvalue weighted by Crippen LogP contribution is -2.38. The molecule has 0 heterocycles. The van der Waals surface area contributed by atoms with E-state index < -0.39 is 0 Å². The first kappa shape index (κ1) is 13.9. The molecule has 2 rings (SSSR count). The Morgan fingerprint density at radius 2 is 2.17 bits per heavy atom. The van der Waals surface area contributed by atoms with E-state index >= 15 is 0 Å². The van der Waals surface area contributed by atoms with Crippen LogP contribution in [0.15, 0.2) is 22.7 Å². The number of nitrogens with two attached hydrogens (primary N) is 1. The van der Waals surface area contributed by atoms with Crippen LogP contribution in [0.4, 0.5) is 5.69 Å². The topological polar surface area (TPSA) is 29.3 Å². The Kier molecular flexibility index (Phi) is 4.68. The number of hydrogen-bond acceptors (Lipinski definition) is 2. The van der Waals surface area contributed by atoms with Crippen molar-refractivity contribution in [2.24, 2.45) is 5.73 Å². The van der Waals surface area contributed by atoms with Crippen molar-refractivity contribution in [1.82, 2.24) is 0 Å². The Balaban J connectivity index is 2.22. The second kappa shape index (κ2) is 6.07. The lowest BCUT2D eigenvalue weighted by Gasteiger charge is -2.37. The largest absolute Gasteiger partial charge is 0.371 e. The third kappa shape index (κ3) is 3.07. The molecule has 1 aliphatic rings. The average Bonchev–Trinajstić information content (AvgIpc) is 2.28. The fourth-order valence-corrected chi connectivity index (χ4v) is 2.78. The highest BCUT2D eigenvalue weighted by Gasteiger charge is 2.24. The van der Waals surface area contributed by atoms with Crippen LogP contribution in [0.1, 0.15) is 38.2 Å². The van der Waals surface area contributed by atoms with E-state index in [1.165, 1.54) is 30.5 Å². The Bertz CT molecular complexity index is 401. The predicted molar refractivity (Wildman–Crippen MR) is 82.2 cm³/mol. The zero-order chi connectivity index (χ0) is 13.1. The number of nitrogens with zero attached hydrogens (tertiary/aromatic N) is 1. The van der Waals surface area contributed by atoms with Crippen LogP contribution in [0.25, 0.3) is 0 Å². The van der Waals surface area contributed by atoms with Gasteiger partial charge in [0.05, 0.1) is 0 Å². The summed E-state index contributed by atoms with van der Waals surface area (Å²) in [4.78, 5) is 2.44. The molecule has 0 saturated heterocycles. The van der Waals surface area contributed by atoms with Crippen LogP contribution in [0.3, 0.4) is 0 Å². The standard InChI is InChI=1S/C15H23BrN2/c1-3-13(17)9-11-7-8-12(16)10-15(11)18(2)14-5-4-6-14/h7-8,10,13-14H,3-6,9,17H2,1-2H3. The molecule has 2 N–H and O–H groups in total. The van der Waals surface area contributed by atoms with Gasteiger partial charge in [-0.15, -0.1) is 0 Å². The normalized spacial score (nSPS) is 17.3. The van der Waals surface area contributed by atoms with Crippen LogP contribution in [0.5, 0.6) is 0 Å². The molecule has 0 aliphatic heterocycles. The highest BCUT2D eigenvalue weighted by atomic mass is 79.9. The molecule has 3 heteroatoms. The van der Waals surface area contributed by atoms with Crippen molar-refractivity contribution in [3.63, 3.8) is 0 Å². The zero-order valence-corrected chi connectivity index (χ0v) is 12.9. The SMILES string of the molecule is CCC(N)Cc1ccc(Br)cc1N(C)C1CCC1. The number of benzene rings is 1. The van der Waals surface area contributed by atoms with E-state index in [-0.39, 0.29) is 6.04 Å². The maximum absolute atomic E-state index is 6.10. The van der Waals surface area contributed by atoms with Crippen LogP contribution in [-0.4, -0.2) is 19.1 Å². The van der Waals surface area contributed by atoms with Crippen LogP contribution >= 0.6 is 15.9 Å². The molecule has 0 bridgehead atoms. The van der Waals surface area contributed by atoms with Crippen molar-refractivity contribution in [1.29, 1.82) is 0 Å². The lowest BCUT2D eigenvalue weighted by molar-refractivity contribution is 0.400. The first-order valence-corrected chi connectivity index (χ1v) is 7.68. The molecular formula is C15H23BrN2. The van der Waals surface area contributed by atoms with Crippen LogP contribution in [0.2, 0.25) is 0 Å². The molecule has 0 radical (unpaired) electrons. The molecule has 18 heavy (non-hydrogen) atoms. The van der Waals surface area contributed by atoms with Gasteiger partial charge in [-0.05, 0) is 49.8 Å². The van der Waals surface area contributed by atoms with Gasteiger partial charge in [-0.2, -0.15) is 0 Å². The molecule has 1 unspecified atom stereocenters. The van der Waals surface area contributed by atoms with Gasteiger partial charge in [-0.25, -0.2) is 0 Å². The third-order valence-electron chi connectivity index (χ3n) is 4.06. The van der Waals surface area contributed by atoms with Crippen LogP contribution in [-0.2, 0) is 6.42 Å². The Morgan fingerprint density at radius 3 is 2.72 bits per heavy atom. The molecule has 100 valence electrons. The highest BCUT2D eigenvalue weighted by Crippen LogP contribution is 2.32. The van der Waals surface area contributed by atoms with Gasteiger partial charge in [0.25, 0.3) is 0 Å². The van der Waals surface area contributed by atoms with Gasteiger partial charge in [0.1, 0.15) is 0 Å². The first-order valence-electron chi connectivity index (χ1n) is 6.88. The minimum atomic E-state index is 0.264. The van der Waals surface area contributed by atoms with Crippen molar-refractivity contribution in [2.75, 3.05) is 11.9 Å². The summed E-state index contributed by atoms with van der Waals surface area (Å²) in [5.41, 5.74) is 8.83. The summed E-state index contributed by atoms with van der Waals surface area (Å²) in [7, 11) is 2.21. The maximum Gasteiger partial charge on any atom is 0.0410 e. The van der Waals surface area contributed by atoms with Gasteiger partial charge in [-0.3, -0.25) is 0 Å². The van der Waals surface area contributed by atoms with E-state index in [0.717, 1.165) is 23.4 Å². The van der Waals surface area contributed by atoms with Gasteiger partial charge >= 0.3 is 0 Å². The molecule has 1 fully saturated rings. The second-order valence-electron chi connectivity index (χ2n) is 5.34. The summed E-state index contributed by atoms with van der Waals surface area (Å²) in [5.74, 6) is 0. The molecular weight excluding hydrogens is 288 g/mol. The van der Waals surface area contributed by atoms with E-state index in [9.17, 15) is 0 Å². The van der Waals surface area contributed by atoms with Gasteiger partial charge in [0, 0.05) is 29.3 Å². The minimum absolute atomic E-state index is 0.264. The van der Waals surface area contributed by atoms with Gasteiger partial charge in [0.2, 0.25) is 0 Å².